The molecule has 5 aromatic rings. The van der Waals surface area contributed by atoms with Crippen LogP contribution < -0.4 is 5.32 Å². The SMILES string of the molecule is Fc1ccc(Nc2nn3nc4ccccc4c3n2-c2ccccc2)cc1. The van der Waals surface area contributed by atoms with Gasteiger partial charge in [-0.15, -0.1) is 14.8 Å². The summed E-state index contributed by atoms with van der Waals surface area (Å²) >= 11 is 0. The third-order valence-electron chi connectivity index (χ3n) is 4.26. The lowest BCUT2D eigenvalue weighted by Crippen LogP contribution is -2.02. The zero-order valence-corrected chi connectivity index (χ0v) is 13.7. The normalized spacial score (nSPS) is 11.3. The first kappa shape index (κ1) is 14.7. The minimum absolute atomic E-state index is 0.275. The monoisotopic (exact) mass is 343 g/mol. The average molecular weight is 343 g/mol. The second kappa shape index (κ2) is 5.70. The van der Waals surface area contributed by atoms with Crippen molar-refractivity contribution >= 4 is 28.2 Å². The summed E-state index contributed by atoms with van der Waals surface area (Å²) in [5.41, 5.74) is 3.47. The van der Waals surface area contributed by atoms with E-state index >= 15 is 0 Å². The Labute approximate surface area is 148 Å². The van der Waals surface area contributed by atoms with E-state index in [-0.39, 0.29) is 5.82 Å². The number of hydrogen-bond donors (Lipinski definition) is 1. The van der Waals surface area contributed by atoms with Crippen molar-refractivity contribution in [1.29, 1.82) is 0 Å². The molecular weight excluding hydrogens is 329 g/mol. The molecule has 0 aliphatic carbocycles. The van der Waals surface area contributed by atoms with Crippen molar-refractivity contribution in [3.05, 3.63) is 84.7 Å². The second-order valence-corrected chi connectivity index (χ2v) is 5.96. The van der Waals surface area contributed by atoms with Crippen molar-refractivity contribution in [2.75, 3.05) is 5.32 Å². The van der Waals surface area contributed by atoms with E-state index in [1.807, 2.05) is 59.2 Å². The highest BCUT2D eigenvalue weighted by molar-refractivity contribution is 5.93. The predicted octanol–water partition coefficient (Wildman–Crippen LogP) is 4.56. The highest BCUT2D eigenvalue weighted by Gasteiger charge is 2.17. The summed E-state index contributed by atoms with van der Waals surface area (Å²) in [7, 11) is 0. The van der Waals surface area contributed by atoms with E-state index in [1.165, 1.54) is 12.1 Å². The molecule has 2 heterocycles. The van der Waals surface area contributed by atoms with Gasteiger partial charge in [0, 0.05) is 11.1 Å². The maximum Gasteiger partial charge on any atom is 0.234 e. The van der Waals surface area contributed by atoms with Gasteiger partial charge in [0.05, 0.1) is 11.2 Å². The number of hydrogen-bond acceptors (Lipinski definition) is 3. The molecule has 0 fully saturated rings. The van der Waals surface area contributed by atoms with Gasteiger partial charge in [-0.25, -0.2) is 4.39 Å². The Morgan fingerprint density at radius 2 is 1.50 bits per heavy atom. The van der Waals surface area contributed by atoms with E-state index in [1.54, 1.807) is 16.8 Å². The molecule has 1 N–H and O–H groups in total. The molecule has 3 aromatic carbocycles. The maximum absolute atomic E-state index is 13.2. The van der Waals surface area contributed by atoms with Gasteiger partial charge in [-0.3, -0.25) is 4.57 Å². The van der Waals surface area contributed by atoms with Crippen LogP contribution in [0.1, 0.15) is 0 Å². The molecular formula is C20H14FN5. The minimum Gasteiger partial charge on any atom is -0.324 e. The zero-order chi connectivity index (χ0) is 17.5. The topological polar surface area (TPSA) is 47.1 Å². The van der Waals surface area contributed by atoms with Crippen molar-refractivity contribution in [3.63, 3.8) is 0 Å². The molecule has 0 atom stereocenters. The van der Waals surface area contributed by atoms with Crippen LogP contribution in [-0.4, -0.2) is 19.4 Å². The Kier molecular flexibility index (Phi) is 3.21. The number of halogens is 1. The molecule has 0 unspecified atom stereocenters. The number of fused-ring (bicyclic) bond motifs is 3. The van der Waals surface area contributed by atoms with Crippen LogP contribution in [-0.2, 0) is 0 Å². The number of anilines is 2. The van der Waals surface area contributed by atoms with E-state index in [0.29, 0.717) is 5.95 Å². The number of nitrogens with one attached hydrogen (secondary N) is 1. The molecule has 0 bridgehead atoms. The highest BCUT2D eigenvalue weighted by Crippen LogP contribution is 2.27. The fourth-order valence-corrected chi connectivity index (χ4v) is 3.09. The van der Waals surface area contributed by atoms with Gasteiger partial charge in [0.2, 0.25) is 5.95 Å². The van der Waals surface area contributed by atoms with Crippen molar-refractivity contribution in [3.8, 4) is 5.69 Å². The first-order chi connectivity index (χ1) is 12.8. The van der Waals surface area contributed by atoms with Crippen molar-refractivity contribution in [1.82, 2.24) is 19.4 Å². The molecule has 0 radical (unpaired) electrons. The van der Waals surface area contributed by atoms with Gasteiger partial charge < -0.3 is 5.32 Å². The summed E-state index contributed by atoms with van der Waals surface area (Å²) in [5.74, 6) is 0.332. The lowest BCUT2D eigenvalue weighted by atomic mass is 10.2. The number of aromatic nitrogens is 4. The third kappa shape index (κ3) is 2.31. The van der Waals surface area contributed by atoms with Crippen LogP contribution in [0.2, 0.25) is 0 Å². The summed E-state index contributed by atoms with van der Waals surface area (Å²) in [6, 6.07) is 24.1. The van der Waals surface area contributed by atoms with E-state index in [2.05, 4.69) is 15.5 Å². The molecule has 0 aliphatic heterocycles. The third-order valence-corrected chi connectivity index (χ3v) is 4.26. The molecule has 0 aliphatic rings. The molecule has 0 spiro atoms. The van der Waals surface area contributed by atoms with E-state index < -0.39 is 0 Å². The Hall–Kier alpha value is -3.67. The van der Waals surface area contributed by atoms with Crippen LogP contribution in [0.25, 0.3) is 22.2 Å². The van der Waals surface area contributed by atoms with Crippen LogP contribution in [0.3, 0.4) is 0 Å². The van der Waals surface area contributed by atoms with Gasteiger partial charge in [-0.05, 0) is 48.5 Å². The Morgan fingerprint density at radius 3 is 2.31 bits per heavy atom. The van der Waals surface area contributed by atoms with Gasteiger partial charge in [0.1, 0.15) is 5.82 Å². The smallest absolute Gasteiger partial charge is 0.234 e. The fourth-order valence-electron chi connectivity index (χ4n) is 3.09. The van der Waals surface area contributed by atoms with Crippen LogP contribution in [0.4, 0.5) is 16.0 Å². The summed E-state index contributed by atoms with van der Waals surface area (Å²) in [6.07, 6.45) is 0. The van der Waals surface area contributed by atoms with E-state index in [0.717, 1.165) is 27.9 Å². The van der Waals surface area contributed by atoms with Crippen LogP contribution in [0.5, 0.6) is 0 Å². The number of nitrogens with zero attached hydrogens (tertiary/aromatic N) is 4. The summed E-state index contributed by atoms with van der Waals surface area (Å²) in [5, 5.41) is 13.4. The van der Waals surface area contributed by atoms with Gasteiger partial charge in [-0.2, -0.15) is 0 Å². The summed E-state index contributed by atoms with van der Waals surface area (Å²) < 4.78 is 16.8. The number of para-hydroxylation sites is 1. The first-order valence-electron chi connectivity index (χ1n) is 8.24. The van der Waals surface area contributed by atoms with Gasteiger partial charge >= 0.3 is 0 Å². The van der Waals surface area contributed by atoms with Gasteiger partial charge in [0.25, 0.3) is 0 Å². The zero-order valence-electron chi connectivity index (χ0n) is 13.7. The van der Waals surface area contributed by atoms with E-state index in [4.69, 9.17) is 0 Å². The van der Waals surface area contributed by atoms with Crippen LogP contribution >= 0.6 is 0 Å². The van der Waals surface area contributed by atoms with E-state index in [9.17, 15) is 4.39 Å². The maximum atomic E-state index is 13.2. The fraction of sp³-hybridized carbons (Fsp3) is 0. The lowest BCUT2D eigenvalue weighted by Gasteiger charge is -2.10. The van der Waals surface area contributed by atoms with Crippen LogP contribution in [0, 0.1) is 5.82 Å². The molecule has 0 saturated carbocycles. The standard InChI is InChI=1S/C20H14FN5/c21-14-10-12-15(13-11-14)22-20-24-26-19(17-8-4-5-9-18(17)23-26)25(20)16-6-2-1-3-7-16/h1-13H,(H,22,24). The Morgan fingerprint density at radius 1 is 0.769 bits per heavy atom. The van der Waals surface area contributed by atoms with Gasteiger partial charge in [-0.1, -0.05) is 30.3 Å². The molecule has 26 heavy (non-hydrogen) atoms. The molecule has 126 valence electrons. The van der Waals surface area contributed by atoms with Crippen LogP contribution in [0.15, 0.2) is 78.9 Å². The largest absolute Gasteiger partial charge is 0.324 e. The van der Waals surface area contributed by atoms with Gasteiger partial charge in [0.15, 0.2) is 5.65 Å². The molecule has 5 rings (SSSR count). The molecule has 6 heteroatoms. The Bertz CT molecular complexity index is 1210. The highest BCUT2D eigenvalue weighted by atomic mass is 19.1. The molecule has 0 amide bonds. The van der Waals surface area contributed by atoms with Crippen molar-refractivity contribution < 1.29 is 4.39 Å². The molecule has 0 saturated heterocycles. The predicted molar refractivity (Wildman–Crippen MR) is 99.5 cm³/mol. The van der Waals surface area contributed by atoms with Crippen molar-refractivity contribution in [2.45, 2.75) is 0 Å². The molecule has 2 aromatic heterocycles. The lowest BCUT2D eigenvalue weighted by molar-refractivity contribution is 0.628. The average Bonchev–Trinajstić information content (AvgIpc) is 3.19. The summed E-state index contributed by atoms with van der Waals surface area (Å²) in [4.78, 5) is 0. The first-order valence-corrected chi connectivity index (χ1v) is 8.24. The number of benzene rings is 3. The summed E-state index contributed by atoms with van der Waals surface area (Å²) in [6.45, 7) is 0. The molecule has 5 nitrogen and oxygen atoms in total. The second-order valence-electron chi connectivity index (χ2n) is 5.96. The number of rotatable bonds is 3. The minimum atomic E-state index is -0.275. The Balaban J connectivity index is 1.76. The quantitative estimate of drug-likeness (QED) is 0.522. The van der Waals surface area contributed by atoms with Crippen molar-refractivity contribution in [2.24, 2.45) is 0 Å².